The maximum atomic E-state index is 12.8. The van der Waals surface area contributed by atoms with Crippen LogP contribution in [0.25, 0.3) is 5.69 Å². The van der Waals surface area contributed by atoms with Crippen LogP contribution in [0, 0.1) is 12.8 Å². The summed E-state index contributed by atoms with van der Waals surface area (Å²) in [4.78, 5) is 12.8. The topological polar surface area (TPSA) is 59.0 Å². The summed E-state index contributed by atoms with van der Waals surface area (Å²) in [6, 6.07) is 5.92. The van der Waals surface area contributed by atoms with Crippen LogP contribution in [0.1, 0.15) is 53.2 Å². The van der Waals surface area contributed by atoms with E-state index in [1.165, 1.54) is 12.8 Å². The molecule has 2 aliphatic rings. The highest BCUT2D eigenvalue weighted by Crippen LogP contribution is 2.42. The predicted molar refractivity (Wildman–Crippen MR) is 110 cm³/mol. The van der Waals surface area contributed by atoms with Gasteiger partial charge in [-0.2, -0.15) is 5.10 Å². The van der Waals surface area contributed by atoms with Gasteiger partial charge in [0, 0.05) is 17.5 Å². The van der Waals surface area contributed by atoms with Crippen molar-refractivity contribution in [2.75, 3.05) is 19.6 Å². The molecule has 2 heterocycles. The van der Waals surface area contributed by atoms with Crippen molar-refractivity contribution in [2.45, 2.75) is 38.5 Å². The molecule has 27 heavy (non-hydrogen) atoms. The summed E-state index contributed by atoms with van der Waals surface area (Å²) in [5.74, 6) is 0.916. The fraction of sp³-hybridized carbons (Fsp3) is 0.500. The Morgan fingerprint density at radius 2 is 2.19 bits per heavy atom. The first-order valence-electron chi connectivity index (χ1n) is 9.47. The van der Waals surface area contributed by atoms with Crippen molar-refractivity contribution < 1.29 is 4.79 Å². The molecule has 1 aliphatic heterocycles. The average Bonchev–Trinajstić information content (AvgIpc) is 3.41. The number of benzene rings is 1. The van der Waals surface area contributed by atoms with Crippen molar-refractivity contribution >= 4 is 29.9 Å². The zero-order valence-corrected chi connectivity index (χ0v) is 17.1. The third kappa shape index (κ3) is 4.48. The van der Waals surface area contributed by atoms with E-state index in [4.69, 9.17) is 11.6 Å². The van der Waals surface area contributed by atoms with Gasteiger partial charge in [0.2, 0.25) is 0 Å². The lowest BCUT2D eigenvalue weighted by atomic mass is 9.99. The van der Waals surface area contributed by atoms with E-state index in [0.29, 0.717) is 17.4 Å². The molecule has 1 atom stereocenters. The van der Waals surface area contributed by atoms with Crippen LogP contribution in [-0.2, 0) is 0 Å². The van der Waals surface area contributed by atoms with Crippen LogP contribution < -0.4 is 10.6 Å². The highest BCUT2D eigenvalue weighted by Gasteiger charge is 2.33. The van der Waals surface area contributed by atoms with Crippen LogP contribution in [-0.4, -0.2) is 35.3 Å². The average molecular weight is 409 g/mol. The lowest BCUT2D eigenvalue weighted by Crippen LogP contribution is -2.38. The van der Waals surface area contributed by atoms with Crippen molar-refractivity contribution in [2.24, 2.45) is 5.92 Å². The minimum absolute atomic E-state index is 0. The Kier molecular flexibility index (Phi) is 6.45. The molecule has 7 heteroatoms. The van der Waals surface area contributed by atoms with Gasteiger partial charge in [-0.15, -0.1) is 12.4 Å². The predicted octanol–water partition coefficient (Wildman–Crippen LogP) is 3.86. The van der Waals surface area contributed by atoms with Crippen molar-refractivity contribution in [3.05, 3.63) is 46.2 Å². The van der Waals surface area contributed by atoms with Gasteiger partial charge in [-0.1, -0.05) is 17.7 Å². The van der Waals surface area contributed by atoms with Crippen molar-refractivity contribution in [3.8, 4) is 5.69 Å². The zero-order chi connectivity index (χ0) is 18.1. The van der Waals surface area contributed by atoms with Gasteiger partial charge in [0.05, 0.1) is 23.1 Å². The van der Waals surface area contributed by atoms with E-state index < -0.39 is 0 Å². The SMILES string of the molecule is Cc1ccc(-n2ncc(C(=O)NCC3CCCNC3)c2C2CC2)cc1Cl.Cl. The van der Waals surface area contributed by atoms with Gasteiger partial charge >= 0.3 is 0 Å². The molecule has 2 N–H and O–H groups in total. The van der Waals surface area contributed by atoms with Crippen LogP contribution in [0.4, 0.5) is 0 Å². The number of hydrogen-bond acceptors (Lipinski definition) is 3. The quantitative estimate of drug-likeness (QED) is 0.789. The Morgan fingerprint density at radius 3 is 2.85 bits per heavy atom. The summed E-state index contributed by atoms with van der Waals surface area (Å²) in [5, 5.41) is 11.7. The van der Waals surface area contributed by atoms with Gasteiger partial charge in [0.1, 0.15) is 0 Å². The number of amides is 1. The number of hydrogen-bond donors (Lipinski definition) is 2. The molecule has 1 aliphatic carbocycles. The third-order valence-corrected chi connectivity index (χ3v) is 5.77. The molecule has 1 amide bonds. The monoisotopic (exact) mass is 408 g/mol. The van der Waals surface area contributed by atoms with Gasteiger partial charge < -0.3 is 10.6 Å². The Hall–Kier alpha value is -1.56. The van der Waals surface area contributed by atoms with E-state index in [9.17, 15) is 4.79 Å². The highest BCUT2D eigenvalue weighted by molar-refractivity contribution is 6.31. The molecule has 2 aromatic rings. The number of rotatable bonds is 5. The maximum Gasteiger partial charge on any atom is 0.254 e. The molecule has 0 bridgehead atoms. The van der Waals surface area contributed by atoms with E-state index in [-0.39, 0.29) is 18.3 Å². The Balaban J connectivity index is 0.00000210. The first kappa shape index (κ1) is 20.2. The van der Waals surface area contributed by atoms with E-state index in [1.54, 1.807) is 6.20 Å². The number of aryl methyl sites for hydroxylation is 1. The largest absolute Gasteiger partial charge is 0.352 e. The molecule has 0 spiro atoms. The molecule has 1 unspecified atom stereocenters. The number of piperidine rings is 1. The van der Waals surface area contributed by atoms with Gasteiger partial charge in [-0.25, -0.2) is 4.68 Å². The highest BCUT2D eigenvalue weighted by atomic mass is 35.5. The van der Waals surface area contributed by atoms with Crippen LogP contribution in [0.5, 0.6) is 0 Å². The molecule has 0 radical (unpaired) electrons. The van der Waals surface area contributed by atoms with Gasteiger partial charge in [0.25, 0.3) is 5.91 Å². The lowest BCUT2D eigenvalue weighted by molar-refractivity contribution is 0.0944. The van der Waals surface area contributed by atoms with Crippen molar-refractivity contribution in [1.82, 2.24) is 20.4 Å². The molecular formula is C20H26Cl2N4O. The summed E-state index contributed by atoms with van der Waals surface area (Å²) in [5.41, 5.74) is 3.67. The zero-order valence-electron chi connectivity index (χ0n) is 15.5. The minimum atomic E-state index is -0.0121. The van der Waals surface area contributed by atoms with Crippen LogP contribution in [0.15, 0.2) is 24.4 Å². The Labute approximate surface area is 171 Å². The fourth-order valence-electron chi connectivity index (χ4n) is 3.63. The number of aromatic nitrogens is 2. The lowest BCUT2D eigenvalue weighted by Gasteiger charge is -2.22. The number of nitrogens with one attached hydrogen (secondary N) is 2. The summed E-state index contributed by atoms with van der Waals surface area (Å²) in [7, 11) is 0. The van der Waals surface area contributed by atoms with E-state index >= 15 is 0 Å². The maximum absolute atomic E-state index is 12.8. The van der Waals surface area contributed by atoms with Crippen LogP contribution in [0.2, 0.25) is 5.02 Å². The molecule has 2 fully saturated rings. The number of carbonyl (C=O) groups excluding carboxylic acids is 1. The second-order valence-electron chi connectivity index (χ2n) is 7.49. The molecule has 1 aromatic heterocycles. The van der Waals surface area contributed by atoms with E-state index in [1.807, 2.05) is 29.8 Å². The first-order chi connectivity index (χ1) is 12.6. The summed E-state index contributed by atoms with van der Waals surface area (Å²) in [6.45, 7) is 4.77. The number of nitrogens with zero attached hydrogens (tertiary/aromatic N) is 2. The molecular weight excluding hydrogens is 383 g/mol. The molecule has 4 rings (SSSR count). The van der Waals surface area contributed by atoms with Gasteiger partial charge in [0.15, 0.2) is 0 Å². The second kappa shape index (κ2) is 8.63. The van der Waals surface area contributed by atoms with Crippen LogP contribution in [0.3, 0.4) is 0 Å². The molecule has 1 aromatic carbocycles. The first-order valence-corrected chi connectivity index (χ1v) is 9.84. The fourth-order valence-corrected chi connectivity index (χ4v) is 3.81. The summed E-state index contributed by atoms with van der Waals surface area (Å²) in [6.07, 6.45) is 6.27. The second-order valence-corrected chi connectivity index (χ2v) is 7.89. The van der Waals surface area contributed by atoms with Crippen molar-refractivity contribution in [3.63, 3.8) is 0 Å². The molecule has 1 saturated carbocycles. The summed E-state index contributed by atoms with van der Waals surface area (Å²) >= 11 is 6.29. The molecule has 146 valence electrons. The molecule has 1 saturated heterocycles. The third-order valence-electron chi connectivity index (χ3n) is 5.37. The van der Waals surface area contributed by atoms with Crippen LogP contribution >= 0.6 is 24.0 Å². The summed E-state index contributed by atoms with van der Waals surface area (Å²) < 4.78 is 1.89. The normalized spacial score (nSPS) is 19.4. The van der Waals surface area contributed by atoms with Crippen molar-refractivity contribution in [1.29, 1.82) is 0 Å². The Bertz CT molecular complexity index is 810. The van der Waals surface area contributed by atoms with Gasteiger partial charge in [-0.3, -0.25) is 4.79 Å². The number of halogens is 2. The smallest absolute Gasteiger partial charge is 0.254 e. The van der Waals surface area contributed by atoms with E-state index in [0.717, 1.165) is 54.4 Å². The number of carbonyl (C=O) groups is 1. The standard InChI is InChI=1S/C20H25ClN4O.ClH/c1-13-4-7-16(9-18(13)21)25-19(15-5-6-15)17(12-24-25)20(26)23-11-14-3-2-8-22-10-14;/h4,7,9,12,14-15,22H,2-3,5-6,8,10-11H2,1H3,(H,23,26);1H. The minimum Gasteiger partial charge on any atom is -0.352 e. The Morgan fingerprint density at radius 1 is 1.37 bits per heavy atom. The molecule has 5 nitrogen and oxygen atoms in total. The van der Waals surface area contributed by atoms with E-state index in [2.05, 4.69) is 15.7 Å². The van der Waals surface area contributed by atoms with Gasteiger partial charge in [-0.05, 0) is 69.3 Å².